The Hall–Kier alpha value is -1.89. The normalized spacial score (nSPS) is 15.9. The molecule has 2 aromatic rings. The number of rotatable bonds is 7. The van der Waals surface area contributed by atoms with Crippen molar-refractivity contribution in [1.82, 2.24) is 0 Å². The Bertz CT molecular complexity index is 813. The van der Waals surface area contributed by atoms with Gasteiger partial charge in [0, 0.05) is 43.0 Å². The molecule has 0 bridgehead atoms. The summed E-state index contributed by atoms with van der Waals surface area (Å²) in [7, 11) is 1.69. The molecule has 2 aromatic carbocycles. The number of methoxy groups -OCH3 is 1. The summed E-state index contributed by atoms with van der Waals surface area (Å²) in [5.41, 5.74) is 2.32. The molecule has 1 saturated heterocycles. The van der Waals surface area contributed by atoms with E-state index in [2.05, 4.69) is 5.16 Å². The van der Waals surface area contributed by atoms with Gasteiger partial charge < -0.3 is 14.3 Å². The van der Waals surface area contributed by atoms with E-state index in [1.807, 2.05) is 44.2 Å². The van der Waals surface area contributed by atoms with Crippen LogP contribution in [0.5, 0.6) is 0 Å². The van der Waals surface area contributed by atoms with E-state index >= 15 is 0 Å². The van der Waals surface area contributed by atoms with Crippen molar-refractivity contribution < 1.29 is 18.7 Å². The molecular formula is C22H26FNO3S. The zero-order valence-electron chi connectivity index (χ0n) is 16.5. The Balaban J connectivity index is 1.74. The summed E-state index contributed by atoms with van der Waals surface area (Å²) < 4.78 is 25.6. The summed E-state index contributed by atoms with van der Waals surface area (Å²) in [6, 6.07) is 13.2. The van der Waals surface area contributed by atoms with Crippen molar-refractivity contribution in [2.45, 2.75) is 48.7 Å². The molecule has 0 aromatic heterocycles. The van der Waals surface area contributed by atoms with Crippen LogP contribution in [-0.2, 0) is 26.5 Å². The first kappa shape index (κ1) is 20.8. The first-order chi connectivity index (χ1) is 13.5. The number of benzene rings is 2. The molecular weight excluding hydrogens is 377 g/mol. The van der Waals surface area contributed by atoms with E-state index < -0.39 is 5.60 Å². The Morgan fingerprint density at radius 2 is 1.82 bits per heavy atom. The maximum Gasteiger partial charge on any atom is 0.142 e. The maximum atomic E-state index is 14.3. The summed E-state index contributed by atoms with van der Waals surface area (Å²) in [4.78, 5) is 7.16. The standard InChI is InChI=1S/C22H26FNO3S/c1-16(2)24-27-15-17-4-6-20(7-5-17)28-21-13-18(12-19(23)14-21)22(25-3)8-10-26-11-9-22/h4-7,12-14H,8-11,15H2,1-3H3. The lowest BCUT2D eigenvalue weighted by Gasteiger charge is -2.36. The van der Waals surface area contributed by atoms with Gasteiger partial charge in [-0.15, -0.1) is 0 Å². The highest BCUT2D eigenvalue weighted by atomic mass is 32.2. The van der Waals surface area contributed by atoms with E-state index in [0.717, 1.165) is 39.5 Å². The SMILES string of the molecule is COC1(c2cc(F)cc(Sc3ccc(CON=C(C)C)cc3)c2)CCOCC1. The summed E-state index contributed by atoms with van der Waals surface area (Å²) in [5, 5.41) is 3.94. The fourth-order valence-electron chi connectivity index (χ4n) is 3.22. The third kappa shape index (κ3) is 5.34. The van der Waals surface area contributed by atoms with Crippen LogP contribution in [-0.4, -0.2) is 26.0 Å². The molecule has 28 heavy (non-hydrogen) atoms. The van der Waals surface area contributed by atoms with Crippen LogP contribution in [0, 0.1) is 5.82 Å². The molecule has 6 heteroatoms. The predicted molar refractivity (Wildman–Crippen MR) is 109 cm³/mol. The van der Waals surface area contributed by atoms with Gasteiger partial charge in [0.25, 0.3) is 0 Å². The fraction of sp³-hybridized carbons (Fsp3) is 0.409. The molecule has 0 N–H and O–H groups in total. The third-order valence-electron chi connectivity index (χ3n) is 4.73. The average molecular weight is 404 g/mol. The van der Waals surface area contributed by atoms with Crippen LogP contribution in [0.4, 0.5) is 4.39 Å². The molecule has 1 fully saturated rings. The fourth-order valence-corrected chi connectivity index (χ4v) is 4.12. The molecule has 0 aliphatic carbocycles. The summed E-state index contributed by atoms with van der Waals surface area (Å²) >= 11 is 1.53. The van der Waals surface area contributed by atoms with Crippen LogP contribution < -0.4 is 0 Å². The van der Waals surface area contributed by atoms with E-state index in [1.165, 1.54) is 11.8 Å². The second-order valence-corrected chi connectivity index (χ2v) is 8.19. The van der Waals surface area contributed by atoms with Gasteiger partial charge in [-0.2, -0.15) is 0 Å². The van der Waals surface area contributed by atoms with Crippen LogP contribution in [0.3, 0.4) is 0 Å². The molecule has 4 nitrogen and oxygen atoms in total. The van der Waals surface area contributed by atoms with Gasteiger partial charge in [-0.1, -0.05) is 29.1 Å². The van der Waals surface area contributed by atoms with Gasteiger partial charge >= 0.3 is 0 Å². The molecule has 3 rings (SSSR count). The number of ether oxygens (including phenoxy) is 2. The van der Waals surface area contributed by atoms with Gasteiger partial charge in [0.05, 0.1) is 11.3 Å². The van der Waals surface area contributed by atoms with Crippen LogP contribution in [0.1, 0.15) is 37.8 Å². The topological polar surface area (TPSA) is 40.0 Å². The number of halogens is 1. The van der Waals surface area contributed by atoms with E-state index in [-0.39, 0.29) is 5.82 Å². The summed E-state index contributed by atoms with van der Waals surface area (Å²) in [5.74, 6) is -0.249. The molecule has 0 unspecified atom stereocenters. The van der Waals surface area contributed by atoms with Gasteiger partial charge in [0.2, 0.25) is 0 Å². The molecule has 0 amide bonds. The molecule has 0 radical (unpaired) electrons. The number of hydrogen-bond donors (Lipinski definition) is 0. The lowest BCUT2D eigenvalue weighted by atomic mass is 9.86. The van der Waals surface area contributed by atoms with E-state index in [4.69, 9.17) is 14.3 Å². The van der Waals surface area contributed by atoms with E-state index in [9.17, 15) is 4.39 Å². The van der Waals surface area contributed by atoms with Gasteiger partial charge in [-0.25, -0.2) is 4.39 Å². The van der Waals surface area contributed by atoms with Crippen molar-refractivity contribution in [3.05, 3.63) is 59.4 Å². The van der Waals surface area contributed by atoms with Crippen molar-refractivity contribution in [1.29, 1.82) is 0 Å². The first-order valence-corrected chi connectivity index (χ1v) is 10.2. The van der Waals surface area contributed by atoms with Crippen molar-refractivity contribution in [2.24, 2.45) is 5.16 Å². The van der Waals surface area contributed by atoms with Crippen molar-refractivity contribution in [3.63, 3.8) is 0 Å². The van der Waals surface area contributed by atoms with Gasteiger partial charge in [-0.3, -0.25) is 0 Å². The highest BCUT2D eigenvalue weighted by molar-refractivity contribution is 7.99. The smallest absolute Gasteiger partial charge is 0.142 e. The minimum Gasteiger partial charge on any atom is -0.391 e. The Morgan fingerprint density at radius 1 is 1.11 bits per heavy atom. The third-order valence-corrected chi connectivity index (χ3v) is 5.71. The molecule has 1 heterocycles. The van der Waals surface area contributed by atoms with Crippen LogP contribution in [0.25, 0.3) is 0 Å². The van der Waals surface area contributed by atoms with E-state index in [0.29, 0.717) is 19.8 Å². The Labute approximate surface area is 170 Å². The summed E-state index contributed by atoms with van der Waals surface area (Å²) in [6.07, 6.45) is 1.46. The minimum absolute atomic E-state index is 0.249. The highest BCUT2D eigenvalue weighted by Gasteiger charge is 2.35. The van der Waals surface area contributed by atoms with E-state index in [1.54, 1.807) is 19.2 Å². The van der Waals surface area contributed by atoms with Crippen molar-refractivity contribution in [2.75, 3.05) is 20.3 Å². The second-order valence-electron chi connectivity index (χ2n) is 7.04. The Kier molecular flexibility index (Phi) is 7.10. The monoisotopic (exact) mass is 403 g/mol. The first-order valence-electron chi connectivity index (χ1n) is 9.35. The molecule has 0 spiro atoms. The summed E-state index contributed by atoms with van der Waals surface area (Å²) in [6.45, 7) is 5.46. The molecule has 0 atom stereocenters. The Morgan fingerprint density at radius 3 is 2.46 bits per heavy atom. The van der Waals surface area contributed by atoms with Gasteiger partial charge in [0.1, 0.15) is 12.4 Å². The molecule has 1 aliphatic rings. The van der Waals surface area contributed by atoms with Crippen LogP contribution in [0.15, 0.2) is 57.4 Å². The van der Waals surface area contributed by atoms with Gasteiger partial charge in [0.15, 0.2) is 0 Å². The second kappa shape index (κ2) is 9.54. The minimum atomic E-state index is -0.477. The lowest BCUT2D eigenvalue weighted by molar-refractivity contribution is -0.0950. The lowest BCUT2D eigenvalue weighted by Crippen LogP contribution is -2.35. The maximum absolute atomic E-state index is 14.3. The number of oxime groups is 1. The zero-order valence-corrected chi connectivity index (χ0v) is 17.4. The molecule has 0 saturated carbocycles. The average Bonchev–Trinajstić information content (AvgIpc) is 2.69. The van der Waals surface area contributed by atoms with Crippen molar-refractivity contribution in [3.8, 4) is 0 Å². The largest absolute Gasteiger partial charge is 0.391 e. The molecule has 1 aliphatic heterocycles. The number of nitrogens with zero attached hydrogens (tertiary/aromatic N) is 1. The van der Waals surface area contributed by atoms with Crippen LogP contribution in [0.2, 0.25) is 0 Å². The highest BCUT2D eigenvalue weighted by Crippen LogP contribution is 2.38. The molecule has 150 valence electrons. The van der Waals surface area contributed by atoms with Crippen molar-refractivity contribution >= 4 is 17.5 Å². The van der Waals surface area contributed by atoms with Gasteiger partial charge in [-0.05, 0) is 55.3 Å². The predicted octanol–water partition coefficient (Wildman–Crippen LogP) is 5.54. The quantitative estimate of drug-likeness (QED) is 0.449. The van der Waals surface area contributed by atoms with Crippen LogP contribution >= 0.6 is 11.8 Å². The number of hydrogen-bond acceptors (Lipinski definition) is 5. The zero-order chi connectivity index (χ0) is 20.0.